The molecule has 6 aromatic rings. The number of carbonyl (C=O) groups excluding carboxylic acids is 17. The van der Waals surface area contributed by atoms with E-state index < -0.39 is 209 Å². The van der Waals surface area contributed by atoms with Gasteiger partial charge in [-0.25, -0.2) is 4.98 Å². The Bertz CT molecular complexity index is 5140. The summed E-state index contributed by atoms with van der Waals surface area (Å²) in [6.45, 7) is 15.6. The van der Waals surface area contributed by atoms with Crippen LogP contribution in [-0.4, -0.2) is 287 Å². The fourth-order valence-electron chi connectivity index (χ4n) is 16.6. The van der Waals surface area contributed by atoms with Gasteiger partial charge in [-0.2, -0.15) is 0 Å². The molecule has 18 N–H and O–H groups in total. The van der Waals surface area contributed by atoms with Gasteiger partial charge in [-0.15, -0.1) is 24.9 Å². The first-order valence-electron chi connectivity index (χ1n) is 44.7. The second kappa shape index (κ2) is 49.0. The number of phenols is 1. The fraction of sp³-hybridized carbons (Fsp3) is 0.500. The van der Waals surface area contributed by atoms with Crippen LogP contribution >= 0.6 is 11.8 Å². The number of imidazole rings is 1. The predicted molar refractivity (Wildman–Crippen MR) is 492 cm³/mol. The Balaban J connectivity index is 1.09. The summed E-state index contributed by atoms with van der Waals surface area (Å²) in [6.07, 6.45) is 9.26. The topological polar surface area (TPSA) is 559 Å². The quantitative estimate of drug-likeness (QED) is 0.0355. The SMILES string of the molecule is C=CC[C@@H]1NC(=O)[C@H](Cc2c[nH]c3ccccc23)NC(=O)[C@@H]2CCCN2C(=O)[C@H](CC(C)C)NC(=O)[C@H](Cc2cnc[nH]2)NC(=O)C2CCCN2C(=O)[C@H](CC(N)=O)NC(=O)[C@H](C)N(C)C(=O)[C@H](Cc2ccc(O)cc2)NC(=O)CSC[C@@H](C(=O)NCC(N)=O)NC(=O)[C@H](CC=C)NC(=O)[C@H](CCCC)N(C)C(=O)[C@H](CCCC)N(C)C(=O)[C@H](Cc2c[nH]c3ccccc23)NC1=O. The Morgan fingerprint density at radius 2 is 1.01 bits per heavy atom. The molecule has 0 bridgehead atoms. The number of likely N-dealkylation sites (N-methyl/N-ethyl adjacent to an activating group) is 3. The predicted octanol–water partition coefficient (Wildman–Crippen LogP) is 0.997. The van der Waals surface area contributed by atoms with E-state index >= 15 is 38.4 Å². The van der Waals surface area contributed by atoms with Crippen molar-refractivity contribution in [2.24, 2.45) is 17.4 Å². The van der Waals surface area contributed by atoms with Crippen LogP contribution in [0.3, 0.4) is 0 Å². The number of rotatable bonds is 25. The Morgan fingerprint density at radius 1 is 0.530 bits per heavy atom. The minimum Gasteiger partial charge on any atom is -0.508 e. The number of aromatic nitrogens is 4. The molecule has 1 unspecified atom stereocenters. The van der Waals surface area contributed by atoms with Crippen LogP contribution < -0.4 is 64.6 Å². The van der Waals surface area contributed by atoms with Gasteiger partial charge in [-0.3, -0.25) is 81.5 Å². The number of aromatic amines is 3. The van der Waals surface area contributed by atoms with Crippen LogP contribution in [0.15, 0.2) is 123 Å². The summed E-state index contributed by atoms with van der Waals surface area (Å²) in [7, 11) is 4.03. The molecule has 3 aromatic carbocycles. The maximum atomic E-state index is 15.8. The number of H-pyrrole nitrogens is 3. The van der Waals surface area contributed by atoms with E-state index in [0.29, 0.717) is 76.3 Å². The molecule has 0 aliphatic carbocycles. The molecule has 17 amide bonds. The molecule has 40 heteroatoms. The van der Waals surface area contributed by atoms with Crippen molar-refractivity contribution < 1.29 is 86.6 Å². The number of benzene rings is 3. The smallest absolute Gasteiger partial charge is 0.246 e. The third-order valence-electron chi connectivity index (χ3n) is 23.9. The number of unbranched alkanes of at least 4 members (excludes halogenated alkanes) is 2. The minimum atomic E-state index is -1.75. The van der Waals surface area contributed by atoms with Gasteiger partial charge in [0.2, 0.25) is 100 Å². The van der Waals surface area contributed by atoms with Gasteiger partial charge in [0, 0.05) is 112 Å². The minimum absolute atomic E-state index is 0.0154. The van der Waals surface area contributed by atoms with E-state index in [4.69, 9.17) is 11.5 Å². The molecule has 3 aliphatic heterocycles. The van der Waals surface area contributed by atoms with Crippen LogP contribution in [0.4, 0.5) is 0 Å². The molecular formula is C92H125N21O18S. The van der Waals surface area contributed by atoms with Crippen LogP contribution in [0.2, 0.25) is 0 Å². The summed E-state index contributed by atoms with van der Waals surface area (Å²) in [4.78, 5) is 269. The van der Waals surface area contributed by atoms with E-state index in [-0.39, 0.29) is 102 Å². The Kier molecular flexibility index (Phi) is 38.0. The normalized spacial score (nSPS) is 24.5. The van der Waals surface area contributed by atoms with Gasteiger partial charge in [0.25, 0.3) is 0 Å². The van der Waals surface area contributed by atoms with Crippen molar-refractivity contribution >= 4 is 134 Å². The number of hydrogen-bond acceptors (Lipinski definition) is 20. The van der Waals surface area contributed by atoms with E-state index in [1.165, 1.54) is 91.7 Å². The highest BCUT2D eigenvalue weighted by Crippen LogP contribution is 2.28. The zero-order valence-electron chi connectivity index (χ0n) is 75.9. The van der Waals surface area contributed by atoms with Crippen LogP contribution in [0.25, 0.3) is 21.8 Å². The maximum absolute atomic E-state index is 15.8. The number of thioether (sulfide) groups is 1. The number of fused-ring (bicyclic) bond motifs is 4. The third-order valence-corrected chi connectivity index (χ3v) is 25.0. The van der Waals surface area contributed by atoms with Crippen molar-refractivity contribution in [3.8, 4) is 5.75 Å². The summed E-state index contributed by atoms with van der Waals surface area (Å²) < 4.78 is 0. The highest BCUT2D eigenvalue weighted by Gasteiger charge is 2.46. The molecule has 3 fully saturated rings. The van der Waals surface area contributed by atoms with E-state index in [1.807, 2.05) is 64.1 Å². The number of aromatic hydroxyl groups is 1. The molecule has 0 spiro atoms. The number of nitrogens with zero attached hydrogens (tertiary/aromatic N) is 6. The van der Waals surface area contributed by atoms with Gasteiger partial charge in [-0.05, 0) is 112 Å². The summed E-state index contributed by atoms with van der Waals surface area (Å²) in [5.74, 6) is -16.0. The summed E-state index contributed by atoms with van der Waals surface area (Å²) >= 11 is 0.790. The van der Waals surface area contributed by atoms with Crippen LogP contribution in [0, 0.1) is 5.92 Å². The third kappa shape index (κ3) is 27.8. The number of para-hydroxylation sites is 2. The molecule has 132 heavy (non-hydrogen) atoms. The number of nitrogens with two attached hydrogens (primary N) is 2. The maximum Gasteiger partial charge on any atom is 0.246 e. The van der Waals surface area contributed by atoms with Crippen molar-refractivity contribution in [2.45, 2.75) is 235 Å². The number of phenolic OH excluding ortho intramolecular Hbond substituents is 1. The Labute approximate surface area is 770 Å². The van der Waals surface area contributed by atoms with Crippen molar-refractivity contribution in [3.63, 3.8) is 0 Å². The molecule has 39 nitrogen and oxygen atoms in total. The highest BCUT2D eigenvalue weighted by molar-refractivity contribution is 8.00. The lowest BCUT2D eigenvalue weighted by Gasteiger charge is -2.36. The zero-order valence-corrected chi connectivity index (χ0v) is 76.7. The standard InChI is InChI=1S/C92H125N21O18S/c1-11-15-29-72-85(124)102-64(24-14-4)82(121)108-71(80(119)98-48-77(94)116)49-132-50-78(117)100-68(40-54-33-35-58(114)36-34-54)88(127)109(8)53(7)79(118)105-70(44-76(93)115)91(130)113-38-22-32-74(113)87(126)104-66(43-57-47-95-51-99-57)84(123)106-67(39-52(5)6)90(129)112-37-21-31-73(112)86(125)103-65(41-55-45-96-61-27-19-17-25-59(55)61)83(122)101-63(23-13-3)81(120)107-69(42-56-46-97-62-28-20-18-26-60(56)62)89(128)111(10)75(30-16-12-2)92(131)110(72)9/h13-14,17-20,25-28,33-36,45-47,51-53,63-75,96-97,114H,3-4,11-12,15-16,21-24,29-32,37-44,48-50H2,1-2,5-10H3,(H2,93,115)(H2,94,116)(H,95,99)(H,98,119)(H,100,117)(H,101,122)(H,102,124)(H,103,125)(H,104,126)(H,105,118)(H,106,123)(H,107,120)(H,108,121)/t53-,63-,64-,65-,66-,67-,68-,69-,70-,71-,72-,73-,74?,75-/m0/s1. The van der Waals surface area contributed by atoms with Crippen molar-refractivity contribution in [3.05, 3.63) is 145 Å². The van der Waals surface area contributed by atoms with Gasteiger partial charge < -0.3 is 109 Å². The van der Waals surface area contributed by atoms with Crippen molar-refractivity contribution in [1.29, 1.82) is 0 Å². The number of hydrogen-bond donors (Lipinski definition) is 16. The molecule has 6 heterocycles. The molecule has 0 radical (unpaired) electrons. The molecule has 3 aromatic heterocycles. The van der Waals surface area contributed by atoms with Gasteiger partial charge in [0.15, 0.2) is 0 Å². The van der Waals surface area contributed by atoms with Crippen LogP contribution in [0.1, 0.15) is 147 Å². The first-order valence-corrected chi connectivity index (χ1v) is 45.8. The molecule has 0 saturated carbocycles. The lowest BCUT2D eigenvalue weighted by Crippen LogP contribution is -2.61. The van der Waals surface area contributed by atoms with Crippen molar-refractivity contribution in [1.82, 2.24) is 97.6 Å². The van der Waals surface area contributed by atoms with E-state index in [2.05, 4.69) is 86.3 Å². The second-order valence-corrected chi connectivity index (χ2v) is 35.2. The average molecular weight is 1850 g/mol. The monoisotopic (exact) mass is 1840 g/mol. The summed E-state index contributed by atoms with van der Waals surface area (Å²) in [5.41, 5.74) is 14.5. The highest BCUT2D eigenvalue weighted by atomic mass is 32.2. The fourth-order valence-corrected chi connectivity index (χ4v) is 17.4. The lowest BCUT2D eigenvalue weighted by atomic mass is 9.99. The zero-order chi connectivity index (χ0) is 96.2. The number of carbonyl (C=O) groups is 17. The van der Waals surface area contributed by atoms with Gasteiger partial charge in [0.1, 0.15) is 90.3 Å². The van der Waals surface area contributed by atoms with Gasteiger partial charge in [0.05, 0.1) is 25.0 Å². The van der Waals surface area contributed by atoms with Crippen molar-refractivity contribution in [2.75, 3.05) is 52.3 Å². The van der Waals surface area contributed by atoms with Crippen LogP contribution in [-0.2, 0) is 107 Å². The lowest BCUT2D eigenvalue weighted by molar-refractivity contribution is -0.149. The summed E-state index contributed by atoms with van der Waals surface area (Å²) in [5, 5.41) is 38.8. The first-order chi connectivity index (χ1) is 63.0. The summed E-state index contributed by atoms with van der Waals surface area (Å²) in [6, 6.07) is -0.169. The number of nitrogens with one attached hydrogen (secondary N) is 13. The Morgan fingerprint density at radius 3 is 1.55 bits per heavy atom. The van der Waals surface area contributed by atoms with E-state index in [0.717, 1.165) is 21.6 Å². The largest absolute Gasteiger partial charge is 0.508 e. The number of primary amides is 2. The molecule has 9 rings (SSSR count). The molecular weight excluding hydrogens is 1720 g/mol. The molecule has 14 atom stereocenters. The van der Waals surface area contributed by atoms with Gasteiger partial charge >= 0.3 is 0 Å². The second-order valence-electron chi connectivity index (χ2n) is 34.2. The van der Waals surface area contributed by atoms with E-state index in [9.17, 15) is 48.3 Å². The number of amides is 17. The van der Waals surface area contributed by atoms with Gasteiger partial charge in [-0.1, -0.05) is 114 Å². The molecule has 3 aliphatic rings. The average Bonchev–Trinajstić information content (AvgIpc) is 1.73. The van der Waals surface area contributed by atoms with Crippen LogP contribution in [0.5, 0.6) is 5.75 Å². The molecule has 3 saturated heterocycles. The molecule has 712 valence electrons. The first kappa shape index (κ1) is 102. The van der Waals surface area contributed by atoms with E-state index in [1.54, 1.807) is 24.5 Å². The Hall–Kier alpha value is -13.4.